The first kappa shape index (κ1) is 16.6. The van der Waals surface area contributed by atoms with Crippen molar-refractivity contribution >= 4 is 17.4 Å². The van der Waals surface area contributed by atoms with E-state index in [2.05, 4.69) is 20.6 Å². The van der Waals surface area contributed by atoms with Gasteiger partial charge < -0.3 is 10.6 Å². The molecule has 0 aliphatic carbocycles. The number of nitrogens with one attached hydrogen (secondary N) is 2. The van der Waals surface area contributed by atoms with Crippen molar-refractivity contribution in [1.82, 2.24) is 15.3 Å². The van der Waals surface area contributed by atoms with Crippen molar-refractivity contribution in [1.29, 1.82) is 0 Å². The lowest BCUT2D eigenvalue weighted by atomic mass is 10.1. The van der Waals surface area contributed by atoms with E-state index >= 15 is 0 Å². The van der Waals surface area contributed by atoms with Crippen molar-refractivity contribution in [3.05, 3.63) is 83.8 Å². The Bertz CT molecular complexity index is 832. The Morgan fingerprint density at radius 1 is 1.00 bits per heavy atom. The summed E-state index contributed by atoms with van der Waals surface area (Å²) < 4.78 is 0. The Morgan fingerprint density at radius 3 is 2.52 bits per heavy atom. The summed E-state index contributed by atoms with van der Waals surface area (Å²) in [6, 6.07) is 19.7. The summed E-state index contributed by atoms with van der Waals surface area (Å²) in [7, 11) is 0. The van der Waals surface area contributed by atoms with Crippen LogP contribution in [0.1, 0.15) is 21.6 Å². The van der Waals surface area contributed by atoms with Crippen LogP contribution in [0.3, 0.4) is 0 Å². The molecule has 0 fully saturated rings. The molecular weight excluding hydrogens is 312 g/mol. The summed E-state index contributed by atoms with van der Waals surface area (Å²) >= 11 is 0. The molecule has 0 atom stereocenters. The zero-order valence-electron chi connectivity index (χ0n) is 14.1. The molecule has 0 saturated heterocycles. The first-order chi connectivity index (χ1) is 12.2. The van der Waals surface area contributed by atoms with Crippen molar-refractivity contribution in [2.24, 2.45) is 0 Å². The molecule has 1 amide bonds. The van der Waals surface area contributed by atoms with Crippen molar-refractivity contribution in [3.8, 4) is 0 Å². The third-order valence-electron chi connectivity index (χ3n) is 3.77. The van der Waals surface area contributed by atoms with Gasteiger partial charge >= 0.3 is 0 Å². The fraction of sp³-hybridized carbons (Fsp3) is 0.150. The van der Waals surface area contributed by atoms with Gasteiger partial charge in [-0.1, -0.05) is 48.0 Å². The van der Waals surface area contributed by atoms with Gasteiger partial charge in [-0.25, -0.2) is 9.97 Å². The molecule has 0 spiro atoms. The van der Waals surface area contributed by atoms with E-state index in [1.165, 1.54) is 17.5 Å². The normalized spacial score (nSPS) is 10.3. The third-order valence-corrected chi connectivity index (χ3v) is 3.77. The van der Waals surface area contributed by atoms with Crippen LogP contribution < -0.4 is 10.6 Å². The Labute approximate surface area is 147 Å². The highest BCUT2D eigenvalue weighted by molar-refractivity contribution is 5.92. The predicted octanol–water partition coefficient (Wildman–Crippen LogP) is 3.50. The van der Waals surface area contributed by atoms with Gasteiger partial charge in [-0.3, -0.25) is 4.79 Å². The lowest BCUT2D eigenvalue weighted by Crippen LogP contribution is -2.26. The fourth-order valence-electron chi connectivity index (χ4n) is 2.39. The van der Waals surface area contributed by atoms with Crippen LogP contribution in [0.25, 0.3) is 0 Å². The maximum atomic E-state index is 12.3. The minimum Gasteiger partial charge on any atom is -0.350 e. The number of hydrogen-bond donors (Lipinski definition) is 2. The number of rotatable bonds is 6. The van der Waals surface area contributed by atoms with E-state index in [0.717, 1.165) is 12.1 Å². The highest BCUT2D eigenvalue weighted by atomic mass is 16.1. The number of nitrogens with zero attached hydrogens (tertiary/aromatic N) is 2. The van der Waals surface area contributed by atoms with Gasteiger partial charge in [0.1, 0.15) is 17.8 Å². The standard InChI is InChI=1S/C20H20N4O/c1-15-7-9-17(10-8-15)24-19-13-18(22-14-23-19)20(25)21-12-11-16-5-3-2-4-6-16/h2-10,13-14H,11-12H2,1H3,(H,21,25)(H,22,23,24). The maximum Gasteiger partial charge on any atom is 0.270 e. The van der Waals surface area contributed by atoms with E-state index in [0.29, 0.717) is 18.1 Å². The molecule has 2 aromatic carbocycles. The van der Waals surface area contributed by atoms with E-state index in [9.17, 15) is 4.79 Å². The second-order valence-electron chi connectivity index (χ2n) is 5.77. The van der Waals surface area contributed by atoms with E-state index in [1.807, 2.05) is 61.5 Å². The average Bonchev–Trinajstić information content (AvgIpc) is 2.65. The molecule has 0 saturated carbocycles. The molecule has 0 radical (unpaired) electrons. The molecule has 25 heavy (non-hydrogen) atoms. The number of aryl methyl sites for hydroxylation is 1. The van der Waals surface area contributed by atoms with Crippen LogP contribution in [0.5, 0.6) is 0 Å². The monoisotopic (exact) mass is 332 g/mol. The lowest BCUT2D eigenvalue weighted by Gasteiger charge is -2.08. The van der Waals surface area contributed by atoms with Gasteiger partial charge in [-0.05, 0) is 31.0 Å². The van der Waals surface area contributed by atoms with E-state index in [1.54, 1.807) is 6.07 Å². The largest absolute Gasteiger partial charge is 0.350 e. The average molecular weight is 332 g/mol. The van der Waals surface area contributed by atoms with Gasteiger partial charge in [0.05, 0.1) is 0 Å². The number of carbonyl (C=O) groups excluding carboxylic acids is 1. The molecule has 1 aromatic heterocycles. The van der Waals surface area contributed by atoms with Crippen molar-refractivity contribution in [2.75, 3.05) is 11.9 Å². The smallest absolute Gasteiger partial charge is 0.270 e. The Hall–Kier alpha value is -3.21. The Morgan fingerprint density at radius 2 is 1.76 bits per heavy atom. The highest BCUT2D eigenvalue weighted by Gasteiger charge is 2.08. The molecule has 1 heterocycles. The Balaban J connectivity index is 1.58. The van der Waals surface area contributed by atoms with Gasteiger partial charge in [0, 0.05) is 18.3 Å². The second kappa shape index (κ2) is 8.06. The first-order valence-corrected chi connectivity index (χ1v) is 8.18. The van der Waals surface area contributed by atoms with Crippen molar-refractivity contribution in [2.45, 2.75) is 13.3 Å². The van der Waals surface area contributed by atoms with Crippen LogP contribution in [0, 0.1) is 6.92 Å². The van der Waals surface area contributed by atoms with Crippen LogP contribution >= 0.6 is 0 Å². The summed E-state index contributed by atoms with van der Waals surface area (Å²) in [5.41, 5.74) is 3.64. The summed E-state index contributed by atoms with van der Waals surface area (Å²) in [4.78, 5) is 20.5. The summed E-state index contributed by atoms with van der Waals surface area (Å²) in [5.74, 6) is 0.386. The number of aromatic nitrogens is 2. The summed E-state index contributed by atoms with van der Waals surface area (Å²) in [5, 5.41) is 6.07. The Kier molecular flexibility index (Phi) is 5.36. The first-order valence-electron chi connectivity index (χ1n) is 8.18. The summed E-state index contributed by atoms with van der Waals surface area (Å²) in [6.45, 7) is 2.60. The van der Waals surface area contributed by atoms with Gasteiger partial charge in [-0.2, -0.15) is 0 Å². The van der Waals surface area contributed by atoms with Gasteiger partial charge in [-0.15, -0.1) is 0 Å². The lowest BCUT2D eigenvalue weighted by molar-refractivity contribution is 0.0949. The highest BCUT2D eigenvalue weighted by Crippen LogP contribution is 2.15. The zero-order chi connectivity index (χ0) is 17.5. The molecule has 0 unspecified atom stereocenters. The zero-order valence-corrected chi connectivity index (χ0v) is 14.1. The van der Waals surface area contributed by atoms with Crippen LogP contribution in [0.2, 0.25) is 0 Å². The van der Waals surface area contributed by atoms with Crippen LogP contribution in [0.15, 0.2) is 67.0 Å². The number of amides is 1. The van der Waals surface area contributed by atoms with E-state index in [4.69, 9.17) is 0 Å². The maximum absolute atomic E-state index is 12.3. The van der Waals surface area contributed by atoms with Gasteiger partial charge in [0.25, 0.3) is 5.91 Å². The van der Waals surface area contributed by atoms with E-state index < -0.39 is 0 Å². The molecule has 3 rings (SSSR count). The molecule has 3 aromatic rings. The second-order valence-corrected chi connectivity index (χ2v) is 5.77. The molecule has 2 N–H and O–H groups in total. The number of hydrogen-bond acceptors (Lipinski definition) is 4. The number of anilines is 2. The molecular formula is C20H20N4O. The van der Waals surface area contributed by atoms with E-state index in [-0.39, 0.29) is 5.91 Å². The van der Waals surface area contributed by atoms with Gasteiger partial charge in [0.2, 0.25) is 0 Å². The minimum atomic E-state index is -0.203. The van der Waals surface area contributed by atoms with Crippen LogP contribution in [0.4, 0.5) is 11.5 Å². The third kappa shape index (κ3) is 4.88. The van der Waals surface area contributed by atoms with Crippen LogP contribution in [-0.2, 0) is 6.42 Å². The van der Waals surface area contributed by atoms with Crippen molar-refractivity contribution in [3.63, 3.8) is 0 Å². The van der Waals surface area contributed by atoms with Crippen molar-refractivity contribution < 1.29 is 4.79 Å². The van der Waals surface area contributed by atoms with Gasteiger partial charge in [0.15, 0.2) is 0 Å². The topological polar surface area (TPSA) is 66.9 Å². The summed E-state index contributed by atoms with van der Waals surface area (Å²) in [6.07, 6.45) is 2.18. The molecule has 5 nitrogen and oxygen atoms in total. The SMILES string of the molecule is Cc1ccc(Nc2cc(C(=O)NCCc3ccccc3)ncn2)cc1. The molecule has 5 heteroatoms. The molecule has 0 aliphatic heterocycles. The molecule has 0 aliphatic rings. The number of carbonyl (C=O) groups is 1. The fourth-order valence-corrected chi connectivity index (χ4v) is 2.39. The molecule has 0 bridgehead atoms. The predicted molar refractivity (Wildman–Crippen MR) is 99.0 cm³/mol. The number of benzene rings is 2. The van der Waals surface area contributed by atoms with Crippen LogP contribution in [-0.4, -0.2) is 22.4 Å². The minimum absolute atomic E-state index is 0.203. The molecule has 126 valence electrons. The quantitative estimate of drug-likeness (QED) is 0.725.